The lowest BCUT2D eigenvalue weighted by atomic mass is 9.99. The van der Waals surface area contributed by atoms with Crippen molar-refractivity contribution in [2.75, 3.05) is 7.11 Å². The Bertz CT molecular complexity index is 1680. The number of amides is 2. The average Bonchev–Trinajstić information content (AvgIpc) is 3.09. The molecule has 0 saturated carbocycles. The molecule has 0 spiro atoms. The maximum Gasteiger partial charge on any atom is 0.347 e. The van der Waals surface area contributed by atoms with Gasteiger partial charge in [-0.2, -0.15) is 0 Å². The van der Waals surface area contributed by atoms with Gasteiger partial charge >= 0.3 is 11.9 Å². The molecule has 4 rings (SSSR count). The Labute approximate surface area is 305 Å². The molecule has 3 aromatic carbocycles. The van der Waals surface area contributed by atoms with Crippen molar-refractivity contribution >= 4 is 41.4 Å². The molecule has 0 saturated heterocycles. The molecule has 1 heterocycles. The molecule has 0 bridgehead atoms. The van der Waals surface area contributed by atoms with Gasteiger partial charge in [-0.05, 0) is 53.7 Å². The number of esters is 2. The number of nitrogens with one attached hydrogen (secondary N) is 2. The molecule has 1 aliphatic rings. The van der Waals surface area contributed by atoms with Crippen LogP contribution in [0, 0.1) is 11.8 Å². The summed E-state index contributed by atoms with van der Waals surface area (Å²) in [7, 11) is 1.51. The highest BCUT2D eigenvalue weighted by molar-refractivity contribution is 6.32. The van der Waals surface area contributed by atoms with Crippen molar-refractivity contribution < 1.29 is 33.4 Å². The maximum absolute atomic E-state index is 13.9. The summed E-state index contributed by atoms with van der Waals surface area (Å²) >= 11 is 6.38. The van der Waals surface area contributed by atoms with Gasteiger partial charge < -0.3 is 24.8 Å². The van der Waals surface area contributed by atoms with Crippen LogP contribution in [0.1, 0.15) is 56.7 Å². The van der Waals surface area contributed by atoms with Crippen LogP contribution >= 0.6 is 11.6 Å². The number of ether oxygens (including phenoxy) is 3. The van der Waals surface area contributed by atoms with Crippen LogP contribution in [0.25, 0.3) is 6.08 Å². The first kappa shape index (κ1) is 38.9. The number of cyclic esters (lactones) is 2. The predicted octanol–water partition coefficient (Wildman–Crippen LogP) is 6.67. The third-order valence-corrected chi connectivity index (χ3v) is 8.77. The fourth-order valence-corrected chi connectivity index (χ4v) is 6.04. The predicted molar refractivity (Wildman–Crippen MR) is 198 cm³/mol. The van der Waals surface area contributed by atoms with Crippen LogP contribution in [0.15, 0.2) is 97.1 Å². The van der Waals surface area contributed by atoms with E-state index in [0.29, 0.717) is 22.8 Å². The topological polar surface area (TPSA) is 120 Å². The normalized spacial score (nSPS) is 21.5. The fraction of sp³-hybridized carbons (Fsp3) is 0.366. The van der Waals surface area contributed by atoms with Gasteiger partial charge in [0.2, 0.25) is 11.8 Å². The summed E-state index contributed by atoms with van der Waals surface area (Å²) in [5.74, 6) is -2.06. The second kappa shape index (κ2) is 19.5. The maximum atomic E-state index is 13.9. The third-order valence-electron chi connectivity index (χ3n) is 8.48. The van der Waals surface area contributed by atoms with E-state index in [4.69, 9.17) is 25.8 Å². The van der Waals surface area contributed by atoms with Gasteiger partial charge in [0.1, 0.15) is 17.9 Å². The van der Waals surface area contributed by atoms with Gasteiger partial charge in [-0.15, -0.1) is 0 Å². The van der Waals surface area contributed by atoms with Gasteiger partial charge in [0.15, 0.2) is 6.10 Å². The lowest BCUT2D eigenvalue weighted by molar-refractivity contribution is -0.174. The van der Waals surface area contributed by atoms with E-state index < -0.39 is 48.0 Å². The van der Waals surface area contributed by atoms with E-state index in [-0.39, 0.29) is 37.5 Å². The minimum atomic E-state index is -1.15. The van der Waals surface area contributed by atoms with Gasteiger partial charge in [-0.1, -0.05) is 117 Å². The standard InChI is InChI=1S/C41H47ClN2O7/c1-27(2)22-37-41(48)51-35(28(3)18-19-29-12-7-5-8-13-29)16-11-17-38(45)44-34(25-31-20-21-36(49-4)33(42)24-31)40(47)43-32(26-39(46)50-37)23-30-14-9-6-10-15-30/h5-15,17-21,24,27-28,32,34-35,37H,16,22-23,25-26H2,1-4H3,(H,43,47)(H,44,45)/t28-,32-,34-,35+,37+/m1/s1. The van der Waals surface area contributed by atoms with Crippen LogP contribution in [-0.2, 0) is 41.5 Å². The molecule has 9 nitrogen and oxygen atoms in total. The van der Waals surface area contributed by atoms with E-state index in [9.17, 15) is 19.2 Å². The zero-order valence-electron chi connectivity index (χ0n) is 29.6. The van der Waals surface area contributed by atoms with E-state index in [1.165, 1.54) is 13.2 Å². The van der Waals surface area contributed by atoms with Gasteiger partial charge in [0.05, 0.1) is 18.6 Å². The third kappa shape index (κ3) is 12.7. The summed E-state index contributed by atoms with van der Waals surface area (Å²) in [5, 5.41) is 6.15. The van der Waals surface area contributed by atoms with Gasteiger partial charge in [0, 0.05) is 24.8 Å². The quantitative estimate of drug-likeness (QED) is 0.225. The van der Waals surface area contributed by atoms with Crippen molar-refractivity contribution in [3.8, 4) is 5.75 Å². The van der Waals surface area contributed by atoms with Crippen LogP contribution in [-0.4, -0.2) is 55.2 Å². The van der Waals surface area contributed by atoms with E-state index in [2.05, 4.69) is 10.6 Å². The summed E-state index contributed by atoms with van der Waals surface area (Å²) in [5.41, 5.74) is 2.56. The van der Waals surface area contributed by atoms with Crippen LogP contribution < -0.4 is 15.4 Å². The van der Waals surface area contributed by atoms with E-state index in [1.54, 1.807) is 24.3 Å². The van der Waals surface area contributed by atoms with Crippen molar-refractivity contribution in [3.63, 3.8) is 0 Å². The zero-order chi connectivity index (χ0) is 36.8. The Morgan fingerprint density at radius 1 is 0.882 bits per heavy atom. The molecule has 0 radical (unpaired) electrons. The van der Waals surface area contributed by atoms with E-state index in [0.717, 1.165) is 11.1 Å². The summed E-state index contributed by atoms with van der Waals surface area (Å²) < 4.78 is 17.1. The summed E-state index contributed by atoms with van der Waals surface area (Å²) in [6, 6.07) is 22.6. The Balaban J connectivity index is 1.67. The number of carbonyl (C=O) groups is 4. The Kier molecular flexibility index (Phi) is 14.9. The second-order valence-corrected chi connectivity index (χ2v) is 13.6. The molecule has 0 unspecified atom stereocenters. The summed E-state index contributed by atoms with van der Waals surface area (Å²) in [4.78, 5) is 54.4. The number of rotatable bonds is 10. The first-order valence-electron chi connectivity index (χ1n) is 17.3. The number of benzene rings is 3. The van der Waals surface area contributed by atoms with Crippen LogP contribution in [0.3, 0.4) is 0 Å². The number of halogens is 1. The lowest BCUT2D eigenvalue weighted by Crippen LogP contribution is -2.51. The van der Waals surface area contributed by atoms with Crippen LogP contribution in [0.4, 0.5) is 0 Å². The number of carbonyl (C=O) groups excluding carboxylic acids is 4. The van der Waals surface area contributed by atoms with E-state index in [1.807, 2.05) is 93.6 Å². The van der Waals surface area contributed by atoms with Gasteiger partial charge in [0.25, 0.3) is 0 Å². The SMILES string of the molecule is COc1ccc(C[C@H]2NC(=O)C=CC[C@@H]([C@H](C)C=Cc3ccccc3)OC(=O)[C@H](CC(C)C)OC(=O)C[C@@H](Cc3ccccc3)NC2=O)cc1Cl. The number of hydrogen-bond acceptors (Lipinski definition) is 7. The highest BCUT2D eigenvalue weighted by Crippen LogP contribution is 2.26. The molecule has 0 fully saturated rings. The highest BCUT2D eigenvalue weighted by atomic mass is 35.5. The molecular formula is C41H47ClN2O7. The van der Waals surface area contributed by atoms with Crippen LogP contribution in [0.5, 0.6) is 5.75 Å². The van der Waals surface area contributed by atoms with Crippen LogP contribution in [0.2, 0.25) is 5.02 Å². The van der Waals surface area contributed by atoms with Gasteiger partial charge in [-0.3, -0.25) is 14.4 Å². The highest BCUT2D eigenvalue weighted by Gasteiger charge is 2.32. The molecular weight excluding hydrogens is 668 g/mol. The second-order valence-electron chi connectivity index (χ2n) is 13.2. The first-order chi connectivity index (χ1) is 24.5. The molecule has 1 aliphatic heterocycles. The van der Waals surface area contributed by atoms with Crippen molar-refractivity contribution in [2.24, 2.45) is 11.8 Å². The molecule has 10 heteroatoms. The molecule has 2 N–H and O–H groups in total. The first-order valence-corrected chi connectivity index (χ1v) is 17.7. The minimum absolute atomic E-state index is 0.0189. The minimum Gasteiger partial charge on any atom is -0.495 e. The lowest BCUT2D eigenvalue weighted by Gasteiger charge is -2.27. The fourth-order valence-electron chi connectivity index (χ4n) is 5.76. The number of hydrogen-bond donors (Lipinski definition) is 2. The smallest absolute Gasteiger partial charge is 0.347 e. The molecule has 0 aromatic heterocycles. The molecule has 270 valence electrons. The monoisotopic (exact) mass is 714 g/mol. The zero-order valence-corrected chi connectivity index (χ0v) is 30.3. The molecule has 3 aromatic rings. The molecule has 0 aliphatic carbocycles. The average molecular weight is 715 g/mol. The van der Waals surface area contributed by atoms with E-state index >= 15 is 0 Å². The summed E-state index contributed by atoms with van der Waals surface area (Å²) in [6.07, 6.45) is 5.70. The Morgan fingerprint density at radius 3 is 2.25 bits per heavy atom. The Hall–Kier alpha value is -4.89. The Morgan fingerprint density at radius 2 is 1.59 bits per heavy atom. The molecule has 2 amide bonds. The van der Waals surface area contributed by atoms with Crippen molar-refractivity contribution in [1.82, 2.24) is 10.6 Å². The molecule has 51 heavy (non-hydrogen) atoms. The number of methoxy groups -OCH3 is 1. The van der Waals surface area contributed by atoms with Crippen molar-refractivity contribution in [2.45, 2.75) is 77.2 Å². The van der Waals surface area contributed by atoms with Crippen molar-refractivity contribution in [1.29, 1.82) is 0 Å². The largest absolute Gasteiger partial charge is 0.495 e. The molecule has 5 atom stereocenters. The van der Waals surface area contributed by atoms with Gasteiger partial charge in [-0.25, -0.2) is 4.79 Å². The summed E-state index contributed by atoms with van der Waals surface area (Å²) in [6.45, 7) is 5.78. The van der Waals surface area contributed by atoms with Crippen molar-refractivity contribution in [3.05, 3.63) is 119 Å².